The number of nitrogens with one attached hydrogen (secondary N) is 1. The lowest BCUT2D eigenvalue weighted by Gasteiger charge is -2.39. The van der Waals surface area contributed by atoms with Crippen LogP contribution in [0.3, 0.4) is 0 Å². The fourth-order valence-electron chi connectivity index (χ4n) is 3.82. The average Bonchev–Trinajstić information content (AvgIpc) is 2.82. The summed E-state index contributed by atoms with van der Waals surface area (Å²) in [5, 5.41) is 14.0. The second-order valence-electron chi connectivity index (χ2n) is 7.61. The molecule has 0 aromatic carbocycles. The van der Waals surface area contributed by atoms with E-state index in [1.165, 1.54) is 38.8 Å². The number of fused-ring (bicyclic) bond motifs is 1. The molecule has 3 nitrogen and oxygen atoms in total. The molecule has 2 heterocycles. The molecule has 0 radical (unpaired) electrons. The molecule has 3 unspecified atom stereocenters. The van der Waals surface area contributed by atoms with Crippen molar-refractivity contribution in [3.63, 3.8) is 0 Å². The Balaban J connectivity index is 1.79. The summed E-state index contributed by atoms with van der Waals surface area (Å²) in [5.41, 5.74) is -0.0407. The van der Waals surface area contributed by atoms with Gasteiger partial charge in [-0.05, 0) is 44.7 Å². The lowest BCUT2D eigenvalue weighted by molar-refractivity contribution is 0.0102. The molecular formula is C16H32N2O. The van der Waals surface area contributed by atoms with Gasteiger partial charge < -0.3 is 15.3 Å². The van der Waals surface area contributed by atoms with Crippen molar-refractivity contribution in [2.24, 2.45) is 11.3 Å². The van der Waals surface area contributed by atoms with Gasteiger partial charge in [0.15, 0.2) is 0 Å². The molecule has 0 bridgehead atoms. The van der Waals surface area contributed by atoms with Crippen molar-refractivity contribution in [2.75, 3.05) is 19.6 Å². The molecule has 2 saturated heterocycles. The third kappa shape index (κ3) is 3.71. The van der Waals surface area contributed by atoms with Crippen LogP contribution in [-0.4, -0.2) is 47.8 Å². The van der Waals surface area contributed by atoms with Gasteiger partial charge in [0.1, 0.15) is 0 Å². The van der Waals surface area contributed by atoms with Crippen molar-refractivity contribution in [1.82, 2.24) is 10.2 Å². The second-order valence-corrected chi connectivity index (χ2v) is 7.61. The first-order chi connectivity index (χ1) is 8.90. The first-order valence-corrected chi connectivity index (χ1v) is 8.05. The van der Waals surface area contributed by atoms with Gasteiger partial charge in [0.25, 0.3) is 0 Å². The minimum Gasteiger partial charge on any atom is -0.392 e. The Morgan fingerprint density at radius 3 is 2.68 bits per heavy atom. The first kappa shape index (κ1) is 15.3. The highest BCUT2D eigenvalue weighted by Crippen LogP contribution is 2.29. The molecule has 112 valence electrons. The van der Waals surface area contributed by atoms with Crippen molar-refractivity contribution in [1.29, 1.82) is 0 Å². The van der Waals surface area contributed by atoms with Crippen LogP contribution in [0.2, 0.25) is 0 Å². The number of aliphatic hydroxyl groups is 1. The molecule has 0 aromatic heterocycles. The molecule has 3 atom stereocenters. The van der Waals surface area contributed by atoms with Crippen LogP contribution in [-0.2, 0) is 0 Å². The maximum atomic E-state index is 10.3. The number of aliphatic hydroxyl groups excluding tert-OH is 1. The Morgan fingerprint density at radius 2 is 2.00 bits per heavy atom. The van der Waals surface area contributed by atoms with Crippen molar-refractivity contribution in [2.45, 2.75) is 71.6 Å². The molecule has 2 aliphatic heterocycles. The van der Waals surface area contributed by atoms with Gasteiger partial charge in [-0.2, -0.15) is 0 Å². The van der Waals surface area contributed by atoms with E-state index in [1.807, 2.05) is 0 Å². The quantitative estimate of drug-likeness (QED) is 0.803. The lowest BCUT2D eigenvalue weighted by atomic mass is 9.80. The van der Waals surface area contributed by atoms with E-state index in [0.29, 0.717) is 12.0 Å². The van der Waals surface area contributed by atoms with Gasteiger partial charge in [-0.1, -0.05) is 27.7 Å². The number of nitrogens with zero attached hydrogens (tertiary/aromatic N) is 1. The Hall–Kier alpha value is -0.120. The average molecular weight is 268 g/mol. The zero-order valence-electron chi connectivity index (χ0n) is 13.2. The van der Waals surface area contributed by atoms with E-state index in [2.05, 4.69) is 37.9 Å². The molecule has 2 N–H and O–H groups in total. The smallest absolute Gasteiger partial charge is 0.0626 e. The zero-order valence-corrected chi connectivity index (χ0v) is 13.2. The van der Waals surface area contributed by atoms with Crippen LogP contribution >= 0.6 is 0 Å². The van der Waals surface area contributed by atoms with Gasteiger partial charge in [-0.15, -0.1) is 0 Å². The fourth-order valence-corrected chi connectivity index (χ4v) is 3.82. The van der Waals surface area contributed by atoms with Crippen molar-refractivity contribution in [3.8, 4) is 0 Å². The molecular weight excluding hydrogens is 236 g/mol. The van der Waals surface area contributed by atoms with Crippen LogP contribution in [0, 0.1) is 11.3 Å². The summed E-state index contributed by atoms with van der Waals surface area (Å²) >= 11 is 0. The van der Waals surface area contributed by atoms with Crippen LogP contribution < -0.4 is 5.32 Å². The largest absolute Gasteiger partial charge is 0.392 e. The van der Waals surface area contributed by atoms with Crippen LogP contribution in [0.5, 0.6) is 0 Å². The molecule has 2 fully saturated rings. The molecule has 0 aliphatic carbocycles. The predicted octanol–water partition coefficient (Wildman–Crippen LogP) is 2.25. The molecule has 2 rings (SSSR count). The summed E-state index contributed by atoms with van der Waals surface area (Å²) in [6.45, 7) is 12.0. The summed E-state index contributed by atoms with van der Waals surface area (Å²) in [6, 6.07) is 1.47. The van der Waals surface area contributed by atoms with Gasteiger partial charge in [-0.3, -0.25) is 0 Å². The Bertz CT molecular complexity index is 290. The van der Waals surface area contributed by atoms with Gasteiger partial charge in [0.05, 0.1) is 6.10 Å². The highest BCUT2D eigenvalue weighted by atomic mass is 16.3. The summed E-state index contributed by atoms with van der Waals surface area (Å²) in [7, 11) is 0. The third-order valence-corrected chi connectivity index (χ3v) is 5.10. The predicted molar refractivity (Wildman–Crippen MR) is 80.2 cm³/mol. The molecule has 0 spiro atoms. The van der Waals surface area contributed by atoms with Gasteiger partial charge in [-0.25, -0.2) is 0 Å². The fraction of sp³-hybridized carbons (Fsp3) is 1.00. The van der Waals surface area contributed by atoms with E-state index >= 15 is 0 Å². The topological polar surface area (TPSA) is 35.5 Å². The van der Waals surface area contributed by atoms with Gasteiger partial charge in [0.2, 0.25) is 0 Å². The Labute approximate surface area is 118 Å². The van der Waals surface area contributed by atoms with Crippen molar-refractivity contribution < 1.29 is 5.11 Å². The molecule has 0 aromatic rings. The van der Waals surface area contributed by atoms with Gasteiger partial charge >= 0.3 is 0 Å². The molecule has 3 heteroatoms. The van der Waals surface area contributed by atoms with Crippen LogP contribution in [0.15, 0.2) is 0 Å². The molecule has 0 saturated carbocycles. The van der Waals surface area contributed by atoms with Crippen molar-refractivity contribution in [3.05, 3.63) is 0 Å². The zero-order chi connectivity index (χ0) is 14.0. The normalized spacial score (nSPS) is 30.6. The standard InChI is InChI=1S/C16H32N2O/c1-12(2)15(19)16(3,4)11-17-13-7-9-18-8-5-6-14(18)10-13/h12-15,17,19H,5-11H2,1-4H3. The number of piperidine rings is 1. The minimum absolute atomic E-state index is 0.0407. The number of hydrogen-bond acceptors (Lipinski definition) is 3. The summed E-state index contributed by atoms with van der Waals surface area (Å²) in [6.07, 6.45) is 5.11. The molecule has 0 amide bonds. The maximum absolute atomic E-state index is 10.3. The molecule has 2 aliphatic rings. The van der Waals surface area contributed by atoms with E-state index < -0.39 is 0 Å². The Morgan fingerprint density at radius 1 is 1.26 bits per heavy atom. The van der Waals surface area contributed by atoms with Crippen LogP contribution in [0.25, 0.3) is 0 Å². The Kier molecular flexibility index (Phi) is 4.91. The third-order valence-electron chi connectivity index (χ3n) is 5.10. The summed E-state index contributed by atoms with van der Waals surface area (Å²) < 4.78 is 0. The van der Waals surface area contributed by atoms with E-state index in [0.717, 1.165) is 12.6 Å². The minimum atomic E-state index is -0.230. The first-order valence-electron chi connectivity index (χ1n) is 8.05. The summed E-state index contributed by atoms with van der Waals surface area (Å²) in [5.74, 6) is 0.327. The maximum Gasteiger partial charge on any atom is 0.0626 e. The van der Waals surface area contributed by atoms with Crippen LogP contribution in [0.1, 0.15) is 53.4 Å². The second kappa shape index (κ2) is 6.11. The van der Waals surface area contributed by atoms with Crippen molar-refractivity contribution >= 4 is 0 Å². The van der Waals surface area contributed by atoms with E-state index in [9.17, 15) is 5.11 Å². The number of hydrogen-bond donors (Lipinski definition) is 2. The van der Waals surface area contributed by atoms with E-state index in [1.54, 1.807) is 0 Å². The van der Waals surface area contributed by atoms with Crippen LogP contribution in [0.4, 0.5) is 0 Å². The lowest BCUT2D eigenvalue weighted by Crippen LogP contribution is -2.50. The molecule has 19 heavy (non-hydrogen) atoms. The highest BCUT2D eigenvalue weighted by molar-refractivity contribution is 4.91. The van der Waals surface area contributed by atoms with Gasteiger partial charge in [0, 0.05) is 24.0 Å². The summed E-state index contributed by atoms with van der Waals surface area (Å²) in [4.78, 5) is 2.66. The number of rotatable bonds is 5. The van der Waals surface area contributed by atoms with E-state index in [-0.39, 0.29) is 11.5 Å². The monoisotopic (exact) mass is 268 g/mol. The highest BCUT2D eigenvalue weighted by Gasteiger charge is 2.34. The SMILES string of the molecule is CC(C)C(O)C(C)(C)CNC1CCN2CCCC2C1. The van der Waals surface area contributed by atoms with E-state index in [4.69, 9.17) is 0 Å².